The van der Waals surface area contributed by atoms with Crippen LogP contribution in [0.15, 0.2) is 17.8 Å². The Balaban J connectivity index is 1.62. The van der Waals surface area contributed by atoms with Crippen LogP contribution in [0.4, 0.5) is 0 Å². The van der Waals surface area contributed by atoms with E-state index in [0.29, 0.717) is 12.5 Å². The molecule has 0 aliphatic heterocycles. The molecule has 84 valence electrons. The molecule has 2 aromatic rings. The van der Waals surface area contributed by atoms with E-state index in [2.05, 4.69) is 17.2 Å². The number of carbonyl (C=O) groups excluding carboxylic acids is 1. The Labute approximate surface area is 97.3 Å². The molecule has 1 aliphatic carbocycles. The standard InChI is InChI=1S/C11H13N3OS/c1-7-4-9(7)10(15)12-5-8-6-14-2-3-16-11(14)13-8/h2-3,6-7,9H,4-5H2,1H3,(H,12,15). The van der Waals surface area contributed by atoms with Crippen LogP contribution >= 0.6 is 11.3 Å². The third kappa shape index (κ3) is 1.71. The number of rotatable bonds is 3. The minimum atomic E-state index is 0.170. The molecule has 2 heterocycles. The van der Waals surface area contributed by atoms with E-state index in [1.54, 1.807) is 11.3 Å². The number of nitrogens with one attached hydrogen (secondary N) is 1. The van der Waals surface area contributed by atoms with E-state index in [4.69, 9.17) is 0 Å². The molecule has 1 N–H and O–H groups in total. The summed E-state index contributed by atoms with van der Waals surface area (Å²) in [5.74, 6) is 0.970. The fraction of sp³-hybridized carbons (Fsp3) is 0.455. The molecule has 2 unspecified atom stereocenters. The number of imidazole rings is 1. The highest BCUT2D eigenvalue weighted by Crippen LogP contribution is 2.37. The Bertz CT molecular complexity index is 502. The minimum Gasteiger partial charge on any atom is -0.350 e. The Morgan fingerprint density at radius 2 is 2.56 bits per heavy atom. The van der Waals surface area contributed by atoms with E-state index < -0.39 is 0 Å². The van der Waals surface area contributed by atoms with E-state index in [0.717, 1.165) is 17.1 Å². The molecule has 1 amide bonds. The summed E-state index contributed by atoms with van der Waals surface area (Å²) in [4.78, 5) is 17.0. The second kappa shape index (κ2) is 3.59. The summed E-state index contributed by atoms with van der Waals surface area (Å²) in [6.07, 6.45) is 4.97. The summed E-state index contributed by atoms with van der Waals surface area (Å²) in [5, 5.41) is 4.93. The molecular formula is C11H13N3OS. The Hall–Kier alpha value is -1.36. The normalized spacial score (nSPS) is 23.6. The average molecular weight is 235 g/mol. The van der Waals surface area contributed by atoms with Gasteiger partial charge in [-0.25, -0.2) is 4.98 Å². The molecule has 1 aliphatic rings. The zero-order valence-corrected chi connectivity index (χ0v) is 9.83. The largest absolute Gasteiger partial charge is 0.350 e. The number of fused-ring (bicyclic) bond motifs is 1. The highest BCUT2D eigenvalue weighted by atomic mass is 32.1. The molecular weight excluding hydrogens is 222 g/mol. The lowest BCUT2D eigenvalue weighted by atomic mass is 10.3. The van der Waals surface area contributed by atoms with Gasteiger partial charge in [0.1, 0.15) is 0 Å². The lowest BCUT2D eigenvalue weighted by Crippen LogP contribution is -2.24. The number of hydrogen-bond acceptors (Lipinski definition) is 3. The van der Waals surface area contributed by atoms with Crippen molar-refractivity contribution in [1.29, 1.82) is 0 Å². The minimum absolute atomic E-state index is 0.170. The van der Waals surface area contributed by atoms with E-state index in [1.165, 1.54) is 0 Å². The third-order valence-corrected chi connectivity index (χ3v) is 3.80. The fourth-order valence-electron chi connectivity index (χ4n) is 1.86. The maximum Gasteiger partial charge on any atom is 0.223 e. The molecule has 0 bridgehead atoms. The van der Waals surface area contributed by atoms with Gasteiger partial charge in [-0.1, -0.05) is 6.92 Å². The van der Waals surface area contributed by atoms with Crippen molar-refractivity contribution < 1.29 is 4.79 Å². The third-order valence-electron chi connectivity index (χ3n) is 3.03. The van der Waals surface area contributed by atoms with Crippen molar-refractivity contribution >= 4 is 22.2 Å². The first kappa shape index (κ1) is 9.84. The number of amides is 1. The van der Waals surface area contributed by atoms with Crippen LogP contribution in [0.5, 0.6) is 0 Å². The van der Waals surface area contributed by atoms with E-state index in [9.17, 15) is 4.79 Å². The first-order valence-corrected chi connectivity index (χ1v) is 6.31. The van der Waals surface area contributed by atoms with Gasteiger partial charge in [0.05, 0.1) is 12.2 Å². The Morgan fingerprint density at radius 3 is 3.25 bits per heavy atom. The van der Waals surface area contributed by atoms with Gasteiger partial charge in [-0.15, -0.1) is 11.3 Å². The van der Waals surface area contributed by atoms with Gasteiger partial charge >= 0.3 is 0 Å². The molecule has 0 saturated heterocycles. The first-order chi connectivity index (χ1) is 7.74. The molecule has 1 fully saturated rings. The van der Waals surface area contributed by atoms with Crippen LogP contribution in [0, 0.1) is 11.8 Å². The van der Waals surface area contributed by atoms with Crippen LogP contribution in [0.1, 0.15) is 19.0 Å². The lowest BCUT2D eigenvalue weighted by molar-refractivity contribution is -0.122. The van der Waals surface area contributed by atoms with Crippen LogP contribution < -0.4 is 5.32 Å². The second-order valence-electron chi connectivity index (χ2n) is 4.36. The van der Waals surface area contributed by atoms with Gasteiger partial charge in [-0.2, -0.15) is 0 Å². The number of hydrogen-bond donors (Lipinski definition) is 1. The Morgan fingerprint density at radius 1 is 1.75 bits per heavy atom. The summed E-state index contributed by atoms with van der Waals surface area (Å²) >= 11 is 1.60. The van der Waals surface area contributed by atoms with Gasteiger partial charge in [-0.3, -0.25) is 9.20 Å². The summed E-state index contributed by atoms with van der Waals surface area (Å²) < 4.78 is 1.98. The number of carbonyl (C=O) groups is 1. The summed E-state index contributed by atoms with van der Waals surface area (Å²) in [6.45, 7) is 2.65. The van der Waals surface area contributed by atoms with Gasteiger partial charge < -0.3 is 5.32 Å². The fourth-order valence-corrected chi connectivity index (χ4v) is 2.58. The van der Waals surface area contributed by atoms with Crippen LogP contribution in [0.2, 0.25) is 0 Å². The molecule has 3 rings (SSSR count). The molecule has 1 saturated carbocycles. The molecule has 16 heavy (non-hydrogen) atoms. The van der Waals surface area contributed by atoms with Crippen LogP contribution in [0.3, 0.4) is 0 Å². The maximum atomic E-state index is 11.6. The second-order valence-corrected chi connectivity index (χ2v) is 5.24. The predicted molar refractivity (Wildman–Crippen MR) is 62.2 cm³/mol. The molecule has 2 atom stereocenters. The monoisotopic (exact) mass is 235 g/mol. The molecule has 5 heteroatoms. The summed E-state index contributed by atoms with van der Waals surface area (Å²) in [7, 11) is 0. The van der Waals surface area contributed by atoms with Crippen LogP contribution in [-0.4, -0.2) is 15.3 Å². The van der Waals surface area contributed by atoms with E-state index >= 15 is 0 Å². The lowest BCUT2D eigenvalue weighted by Gasteiger charge is -2.00. The van der Waals surface area contributed by atoms with Crippen LogP contribution in [-0.2, 0) is 11.3 Å². The predicted octanol–water partition coefficient (Wildman–Crippen LogP) is 1.67. The van der Waals surface area contributed by atoms with Crippen molar-refractivity contribution in [1.82, 2.24) is 14.7 Å². The van der Waals surface area contributed by atoms with Gasteiger partial charge in [0.25, 0.3) is 0 Å². The van der Waals surface area contributed by atoms with Crippen molar-refractivity contribution in [2.75, 3.05) is 0 Å². The Kier molecular flexibility index (Phi) is 2.21. The molecule has 0 spiro atoms. The van der Waals surface area contributed by atoms with Gasteiger partial charge in [0, 0.05) is 23.7 Å². The number of thiazole rings is 1. The maximum absolute atomic E-state index is 11.6. The average Bonchev–Trinajstić information content (AvgIpc) is 2.69. The van der Waals surface area contributed by atoms with E-state index in [1.807, 2.05) is 22.2 Å². The number of nitrogens with zero attached hydrogens (tertiary/aromatic N) is 2. The zero-order valence-electron chi connectivity index (χ0n) is 9.01. The highest BCUT2D eigenvalue weighted by molar-refractivity contribution is 7.15. The van der Waals surface area contributed by atoms with Crippen molar-refractivity contribution in [3.05, 3.63) is 23.5 Å². The number of aromatic nitrogens is 2. The quantitative estimate of drug-likeness (QED) is 0.879. The summed E-state index contributed by atoms with van der Waals surface area (Å²) in [6, 6.07) is 0. The van der Waals surface area contributed by atoms with Gasteiger partial charge in [-0.05, 0) is 12.3 Å². The topological polar surface area (TPSA) is 46.4 Å². The molecule has 4 nitrogen and oxygen atoms in total. The van der Waals surface area contributed by atoms with Crippen molar-refractivity contribution in [2.24, 2.45) is 11.8 Å². The van der Waals surface area contributed by atoms with Crippen molar-refractivity contribution in [3.8, 4) is 0 Å². The molecule has 2 aromatic heterocycles. The molecule has 0 aromatic carbocycles. The summed E-state index contributed by atoms with van der Waals surface area (Å²) in [5.41, 5.74) is 0.925. The van der Waals surface area contributed by atoms with Crippen LogP contribution in [0.25, 0.3) is 4.96 Å². The smallest absolute Gasteiger partial charge is 0.223 e. The van der Waals surface area contributed by atoms with Gasteiger partial charge in [0.2, 0.25) is 5.91 Å². The first-order valence-electron chi connectivity index (χ1n) is 5.43. The SMILES string of the molecule is CC1CC1C(=O)NCc1cn2ccsc2n1. The van der Waals surface area contributed by atoms with E-state index in [-0.39, 0.29) is 11.8 Å². The zero-order chi connectivity index (χ0) is 11.1. The highest BCUT2D eigenvalue weighted by Gasteiger charge is 2.38. The van der Waals surface area contributed by atoms with Gasteiger partial charge in [0.15, 0.2) is 4.96 Å². The van der Waals surface area contributed by atoms with Crippen molar-refractivity contribution in [3.63, 3.8) is 0 Å². The molecule has 0 radical (unpaired) electrons. The van der Waals surface area contributed by atoms with Crippen molar-refractivity contribution in [2.45, 2.75) is 19.9 Å².